The molecule has 2 N–H and O–H groups in total. The van der Waals surface area contributed by atoms with E-state index in [1.165, 1.54) is 25.7 Å². The number of fused-ring (bicyclic) bond motifs is 1. The van der Waals surface area contributed by atoms with Crippen molar-refractivity contribution in [3.63, 3.8) is 0 Å². The van der Waals surface area contributed by atoms with Crippen molar-refractivity contribution >= 4 is 5.69 Å². The van der Waals surface area contributed by atoms with E-state index in [0.29, 0.717) is 11.5 Å². The van der Waals surface area contributed by atoms with Crippen molar-refractivity contribution in [3.05, 3.63) is 29.8 Å². The maximum Gasteiger partial charge on any atom is 0.0991 e. The van der Waals surface area contributed by atoms with Gasteiger partial charge in [0, 0.05) is 5.69 Å². The molecule has 0 unspecified atom stereocenters. The fourth-order valence-corrected chi connectivity index (χ4v) is 3.96. The molecule has 0 spiro atoms. The van der Waals surface area contributed by atoms with Crippen LogP contribution >= 0.6 is 0 Å². The van der Waals surface area contributed by atoms with Gasteiger partial charge in [-0.15, -0.1) is 0 Å². The lowest BCUT2D eigenvalue weighted by Crippen LogP contribution is -2.56. The van der Waals surface area contributed by atoms with Gasteiger partial charge in [0.2, 0.25) is 0 Å². The summed E-state index contributed by atoms with van der Waals surface area (Å²) in [6.45, 7) is 0. The molecule has 1 aromatic rings. The normalized spacial score (nSPS) is 33.0. The number of aliphatic hydroxyl groups is 1. The van der Waals surface area contributed by atoms with Crippen LogP contribution in [0, 0.1) is 17.2 Å². The quantitative estimate of drug-likeness (QED) is 0.865. The van der Waals surface area contributed by atoms with E-state index in [-0.39, 0.29) is 6.04 Å². The molecule has 0 aromatic heterocycles. The summed E-state index contributed by atoms with van der Waals surface area (Å²) in [5.41, 5.74) is 1.15. The Hall–Kier alpha value is -1.53. The highest BCUT2D eigenvalue weighted by molar-refractivity contribution is 5.48. The number of nitriles is 1. The van der Waals surface area contributed by atoms with E-state index < -0.39 is 5.60 Å². The van der Waals surface area contributed by atoms with Crippen molar-refractivity contribution < 1.29 is 5.11 Å². The summed E-state index contributed by atoms with van der Waals surface area (Å²) in [7, 11) is 0. The Morgan fingerprint density at radius 2 is 1.85 bits per heavy atom. The van der Waals surface area contributed by atoms with Crippen LogP contribution in [0.4, 0.5) is 5.69 Å². The number of nitrogens with one attached hydrogen (secondary N) is 1. The number of benzene rings is 1. The maximum absolute atomic E-state index is 11.1. The second-order valence-electron chi connectivity index (χ2n) is 6.25. The number of anilines is 1. The van der Waals surface area contributed by atoms with Gasteiger partial charge in [-0.1, -0.05) is 19.3 Å². The topological polar surface area (TPSA) is 56.0 Å². The first-order valence-corrected chi connectivity index (χ1v) is 7.71. The second kappa shape index (κ2) is 5.46. The smallest absolute Gasteiger partial charge is 0.0991 e. The van der Waals surface area contributed by atoms with Crippen molar-refractivity contribution in [2.45, 2.75) is 56.6 Å². The van der Waals surface area contributed by atoms with Gasteiger partial charge in [0.15, 0.2) is 0 Å². The minimum Gasteiger partial charge on any atom is -0.387 e. The van der Waals surface area contributed by atoms with Crippen LogP contribution in [0.5, 0.6) is 0 Å². The third kappa shape index (κ3) is 2.41. The Morgan fingerprint density at radius 3 is 2.60 bits per heavy atom. The van der Waals surface area contributed by atoms with Gasteiger partial charge in [-0.3, -0.25) is 0 Å². The van der Waals surface area contributed by atoms with Crippen LogP contribution < -0.4 is 5.32 Å². The van der Waals surface area contributed by atoms with Crippen LogP contribution in [0.25, 0.3) is 0 Å². The summed E-state index contributed by atoms with van der Waals surface area (Å²) >= 11 is 0. The minimum absolute atomic E-state index is 0.148. The highest BCUT2D eigenvalue weighted by atomic mass is 16.3. The molecule has 3 rings (SSSR count). The summed E-state index contributed by atoms with van der Waals surface area (Å²) in [6, 6.07) is 9.81. The molecule has 3 nitrogen and oxygen atoms in total. The van der Waals surface area contributed by atoms with E-state index in [0.717, 1.165) is 24.9 Å². The molecule has 0 bridgehead atoms. The Labute approximate surface area is 120 Å². The lowest BCUT2D eigenvalue weighted by atomic mass is 9.65. The summed E-state index contributed by atoms with van der Waals surface area (Å²) in [5, 5.41) is 23.4. The molecule has 0 saturated heterocycles. The zero-order valence-electron chi connectivity index (χ0n) is 11.8. The van der Waals surface area contributed by atoms with Gasteiger partial charge in [0.05, 0.1) is 23.3 Å². The van der Waals surface area contributed by atoms with Gasteiger partial charge >= 0.3 is 0 Å². The summed E-state index contributed by atoms with van der Waals surface area (Å²) in [5.74, 6) is 0.459. The summed E-state index contributed by atoms with van der Waals surface area (Å²) < 4.78 is 0. The van der Waals surface area contributed by atoms with Crippen molar-refractivity contribution in [1.29, 1.82) is 5.26 Å². The zero-order valence-corrected chi connectivity index (χ0v) is 11.8. The molecule has 0 aliphatic heterocycles. The van der Waals surface area contributed by atoms with E-state index in [4.69, 9.17) is 5.26 Å². The SMILES string of the molecule is N#Cc1ccc(N[C@H]2CCC[C@H]3CCCC[C@@]32O)cc1. The van der Waals surface area contributed by atoms with Gasteiger partial charge in [-0.05, 0) is 55.9 Å². The van der Waals surface area contributed by atoms with Crippen LogP contribution in [0.2, 0.25) is 0 Å². The van der Waals surface area contributed by atoms with Gasteiger partial charge in [-0.2, -0.15) is 5.26 Å². The fraction of sp³-hybridized carbons (Fsp3) is 0.588. The van der Waals surface area contributed by atoms with Crippen LogP contribution in [-0.2, 0) is 0 Å². The average molecular weight is 270 g/mol. The third-order valence-electron chi connectivity index (χ3n) is 5.09. The molecule has 0 heterocycles. The third-order valence-corrected chi connectivity index (χ3v) is 5.09. The lowest BCUT2D eigenvalue weighted by Gasteiger charge is -2.49. The molecule has 3 atom stereocenters. The van der Waals surface area contributed by atoms with Gasteiger partial charge in [-0.25, -0.2) is 0 Å². The molecule has 0 radical (unpaired) electrons. The predicted octanol–water partition coefficient (Wildman–Crippen LogP) is 3.44. The van der Waals surface area contributed by atoms with E-state index in [9.17, 15) is 5.11 Å². The molecular formula is C17H22N2O. The molecule has 106 valence electrons. The number of hydrogen-bond donors (Lipinski definition) is 2. The van der Waals surface area contributed by atoms with Crippen LogP contribution in [0.1, 0.15) is 50.5 Å². The Morgan fingerprint density at radius 1 is 1.10 bits per heavy atom. The largest absolute Gasteiger partial charge is 0.387 e. The highest BCUT2D eigenvalue weighted by Gasteiger charge is 2.47. The van der Waals surface area contributed by atoms with Gasteiger partial charge < -0.3 is 10.4 Å². The van der Waals surface area contributed by atoms with Crippen LogP contribution in [-0.4, -0.2) is 16.7 Å². The standard InChI is InChI=1S/C17H22N2O/c18-12-13-7-9-15(10-8-13)19-16-6-3-5-14-4-1-2-11-17(14,16)20/h7-10,14,16,19-20H,1-6,11H2/t14-,16+,17-/m1/s1. The molecule has 1 aromatic carbocycles. The first-order chi connectivity index (χ1) is 9.72. The fourth-order valence-electron chi connectivity index (χ4n) is 3.96. The molecule has 2 fully saturated rings. The van der Waals surface area contributed by atoms with E-state index in [1.54, 1.807) is 0 Å². The molecule has 3 heteroatoms. The minimum atomic E-state index is -0.537. The van der Waals surface area contributed by atoms with Crippen molar-refractivity contribution in [2.24, 2.45) is 5.92 Å². The summed E-state index contributed by atoms with van der Waals surface area (Å²) in [4.78, 5) is 0. The molecule has 2 aliphatic carbocycles. The Kier molecular flexibility index (Phi) is 3.67. The monoisotopic (exact) mass is 270 g/mol. The number of nitrogens with zero attached hydrogens (tertiary/aromatic N) is 1. The first-order valence-electron chi connectivity index (χ1n) is 7.71. The highest BCUT2D eigenvalue weighted by Crippen LogP contribution is 2.44. The second-order valence-corrected chi connectivity index (χ2v) is 6.25. The van der Waals surface area contributed by atoms with Crippen molar-refractivity contribution in [3.8, 4) is 6.07 Å². The summed E-state index contributed by atoms with van der Waals surface area (Å²) in [6.07, 6.45) is 7.89. The van der Waals surface area contributed by atoms with Crippen molar-refractivity contribution in [1.82, 2.24) is 0 Å². The average Bonchev–Trinajstić information content (AvgIpc) is 2.49. The Bertz CT molecular complexity index is 503. The molecule has 20 heavy (non-hydrogen) atoms. The molecular weight excluding hydrogens is 248 g/mol. The number of rotatable bonds is 2. The van der Waals surface area contributed by atoms with E-state index >= 15 is 0 Å². The zero-order chi connectivity index (χ0) is 14.0. The molecule has 2 saturated carbocycles. The van der Waals surface area contributed by atoms with E-state index in [2.05, 4.69) is 11.4 Å². The van der Waals surface area contributed by atoms with Crippen LogP contribution in [0.3, 0.4) is 0 Å². The molecule has 0 amide bonds. The number of hydrogen-bond acceptors (Lipinski definition) is 3. The predicted molar refractivity (Wildman–Crippen MR) is 79.3 cm³/mol. The van der Waals surface area contributed by atoms with Gasteiger partial charge in [0.25, 0.3) is 0 Å². The maximum atomic E-state index is 11.1. The van der Waals surface area contributed by atoms with E-state index in [1.807, 2.05) is 24.3 Å². The Balaban J connectivity index is 1.76. The van der Waals surface area contributed by atoms with Crippen molar-refractivity contribution in [2.75, 3.05) is 5.32 Å². The lowest BCUT2D eigenvalue weighted by molar-refractivity contribution is -0.0835. The molecule has 2 aliphatic rings. The van der Waals surface area contributed by atoms with Crippen LogP contribution in [0.15, 0.2) is 24.3 Å². The van der Waals surface area contributed by atoms with Gasteiger partial charge in [0.1, 0.15) is 0 Å². The first kappa shape index (κ1) is 13.5.